The van der Waals surface area contributed by atoms with E-state index in [0.29, 0.717) is 35.5 Å². The quantitative estimate of drug-likeness (QED) is 0.517. The molecule has 0 atom stereocenters. The number of fused-ring (bicyclic) bond motifs is 1. The molecule has 4 rings (SSSR count). The minimum atomic E-state index is -0.137. The van der Waals surface area contributed by atoms with Crippen LogP contribution in [0.3, 0.4) is 0 Å². The summed E-state index contributed by atoms with van der Waals surface area (Å²) >= 11 is 0. The fourth-order valence-corrected chi connectivity index (χ4v) is 3.22. The van der Waals surface area contributed by atoms with Crippen LogP contribution >= 0.6 is 0 Å². The zero-order valence-electron chi connectivity index (χ0n) is 17.7. The van der Waals surface area contributed by atoms with Crippen molar-refractivity contribution in [3.63, 3.8) is 0 Å². The number of imidazole rings is 1. The van der Waals surface area contributed by atoms with Gasteiger partial charge in [0.15, 0.2) is 0 Å². The van der Waals surface area contributed by atoms with Crippen molar-refractivity contribution in [2.24, 2.45) is 0 Å². The van der Waals surface area contributed by atoms with E-state index in [4.69, 9.17) is 20.4 Å². The van der Waals surface area contributed by atoms with E-state index in [1.807, 2.05) is 42.6 Å². The molecule has 0 fully saturated rings. The summed E-state index contributed by atoms with van der Waals surface area (Å²) in [4.78, 5) is 14.1. The van der Waals surface area contributed by atoms with Gasteiger partial charge in [0.25, 0.3) is 0 Å². The van der Waals surface area contributed by atoms with E-state index in [0.717, 1.165) is 16.6 Å². The number of nitrogens with one attached hydrogen (secondary N) is 1. The number of methoxy groups -OCH3 is 1. The molecule has 0 aliphatic carbocycles. The van der Waals surface area contributed by atoms with E-state index < -0.39 is 0 Å². The van der Waals surface area contributed by atoms with Gasteiger partial charge >= 0.3 is 0 Å². The highest BCUT2D eigenvalue weighted by Crippen LogP contribution is 2.30. The Labute approximate surface area is 175 Å². The second kappa shape index (κ2) is 7.67. The van der Waals surface area contributed by atoms with Crippen molar-refractivity contribution in [1.82, 2.24) is 19.5 Å². The van der Waals surface area contributed by atoms with Gasteiger partial charge in [-0.05, 0) is 17.7 Å². The summed E-state index contributed by atoms with van der Waals surface area (Å²) in [6.45, 7) is 6.92. The van der Waals surface area contributed by atoms with E-state index in [9.17, 15) is 0 Å². The summed E-state index contributed by atoms with van der Waals surface area (Å²) in [6, 6.07) is 16.0. The molecule has 0 spiro atoms. The lowest BCUT2D eigenvalue weighted by molar-refractivity contribution is 0.419. The van der Waals surface area contributed by atoms with Crippen molar-refractivity contribution in [2.45, 2.75) is 32.7 Å². The van der Waals surface area contributed by atoms with Gasteiger partial charge in [0, 0.05) is 23.5 Å². The Balaban J connectivity index is 1.84. The number of hydrogen-bond acceptors (Lipinski definition) is 6. The van der Waals surface area contributed by atoms with Gasteiger partial charge in [0.1, 0.15) is 17.1 Å². The third kappa shape index (κ3) is 3.78. The Morgan fingerprint density at radius 1 is 1.00 bits per heavy atom. The molecule has 154 valence electrons. The Kier molecular flexibility index (Phi) is 5.03. The van der Waals surface area contributed by atoms with Gasteiger partial charge in [0.05, 0.1) is 12.8 Å². The highest BCUT2D eigenvalue weighted by Gasteiger charge is 2.21. The van der Waals surface area contributed by atoms with Crippen LogP contribution in [-0.2, 0) is 12.0 Å². The van der Waals surface area contributed by atoms with Crippen LogP contribution in [0.25, 0.3) is 16.9 Å². The molecule has 2 aromatic heterocycles. The molecule has 0 aliphatic heterocycles. The van der Waals surface area contributed by atoms with Crippen LogP contribution in [-0.4, -0.2) is 26.6 Å². The van der Waals surface area contributed by atoms with E-state index in [1.54, 1.807) is 11.7 Å². The fraction of sp³-hybridized carbons (Fsp3) is 0.261. The number of anilines is 2. The second-order valence-electron chi connectivity index (χ2n) is 8.17. The van der Waals surface area contributed by atoms with Crippen LogP contribution in [0.2, 0.25) is 0 Å². The van der Waals surface area contributed by atoms with E-state index in [-0.39, 0.29) is 5.41 Å². The molecule has 4 aromatic rings. The summed E-state index contributed by atoms with van der Waals surface area (Å²) in [5.41, 5.74) is 8.83. The highest BCUT2D eigenvalue weighted by molar-refractivity contribution is 5.93. The number of para-hydroxylation sites is 1. The third-order valence-corrected chi connectivity index (χ3v) is 4.92. The standard InChI is InChI=1S/C23H26N6O/c1-23(2,3)18-14-29(21(24)26-18)22-27-19-16(11-8-12-17(19)30-4)20(28-22)25-13-15-9-6-5-7-10-15/h5-12,14H,13H2,1-4H3,(H2,24,26)(H,25,27,28). The van der Waals surface area contributed by atoms with Crippen LogP contribution in [0.15, 0.2) is 54.7 Å². The lowest BCUT2D eigenvalue weighted by atomic mass is 9.93. The number of ether oxygens (including phenoxy) is 1. The smallest absolute Gasteiger partial charge is 0.239 e. The van der Waals surface area contributed by atoms with Crippen molar-refractivity contribution in [3.8, 4) is 11.7 Å². The molecule has 0 aliphatic rings. The molecule has 3 N–H and O–H groups in total. The topological polar surface area (TPSA) is 90.9 Å². The summed E-state index contributed by atoms with van der Waals surface area (Å²) in [7, 11) is 1.64. The molecule has 7 heteroatoms. The predicted octanol–water partition coefficient (Wildman–Crippen LogP) is 4.32. The number of nitrogen functional groups attached to an aromatic ring is 1. The van der Waals surface area contributed by atoms with Gasteiger partial charge in [-0.2, -0.15) is 4.98 Å². The molecule has 7 nitrogen and oxygen atoms in total. The lowest BCUT2D eigenvalue weighted by Crippen LogP contribution is -2.11. The maximum atomic E-state index is 6.22. The predicted molar refractivity (Wildman–Crippen MR) is 120 cm³/mol. The average molecular weight is 403 g/mol. The molecular weight excluding hydrogens is 376 g/mol. The van der Waals surface area contributed by atoms with Crippen LogP contribution in [0.4, 0.5) is 11.8 Å². The fourth-order valence-electron chi connectivity index (χ4n) is 3.22. The van der Waals surface area contributed by atoms with Crippen molar-refractivity contribution in [2.75, 3.05) is 18.2 Å². The zero-order chi connectivity index (χ0) is 21.3. The summed E-state index contributed by atoms with van der Waals surface area (Å²) in [6.07, 6.45) is 1.90. The maximum Gasteiger partial charge on any atom is 0.239 e. The Morgan fingerprint density at radius 2 is 1.77 bits per heavy atom. The normalized spacial score (nSPS) is 11.6. The van der Waals surface area contributed by atoms with Gasteiger partial charge in [-0.3, -0.25) is 4.57 Å². The number of benzene rings is 2. The lowest BCUT2D eigenvalue weighted by Gasteiger charge is -2.14. The van der Waals surface area contributed by atoms with E-state index in [1.165, 1.54) is 0 Å². The monoisotopic (exact) mass is 402 g/mol. The van der Waals surface area contributed by atoms with Gasteiger partial charge < -0.3 is 15.8 Å². The van der Waals surface area contributed by atoms with Crippen LogP contribution in [0.1, 0.15) is 32.0 Å². The Bertz CT molecular complexity index is 1180. The summed E-state index contributed by atoms with van der Waals surface area (Å²) in [5.74, 6) is 2.18. The first kappa shape index (κ1) is 19.7. The zero-order valence-corrected chi connectivity index (χ0v) is 17.7. The van der Waals surface area contributed by atoms with Crippen LogP contribution < -0.4 is 15.8 Å². The van der Waals surface area contributed by atoms with Gasteiger partial charge in [-0.15, -0.1) is 0 Å². The molecule has 0 saturated carbocycles. The van der Waals surface area contributed by atoms with Crippen molar-refractivity contribution < 1.29 is 4.74 Å². The number of hydrogen-bond donors (Lipinski definition) is 2. The first-order valence-electron chi connectivity index (χ1n) is 9.85. The number of aromatic nitrogens is 4. The number of nitrogens with zero attached hydrogens (tertiary/aromatic N) is 4. The van der Waals surface area contributed by atoms with Crippen molar-refractivity contribution in [3.05, 3.63) is 66.0 Å². The molecule has 0 radical (unpaired) electrons. The first-order valence-corrected chi connectivity index (χ1v) is 9.85. The van der Waals surface area contributed by atoms with Gasteiger partial charge in [0.2, 0.25) is 11.9 Å². The second-order valence-corrected chi connectivity index (χ2v) is 8.17. The minimum Gasteiger partial charge on any atom is -0.494 e. The molecule has 0 saturated heterocycles. The van der Waals surface area contributed by atoms with E-state index >= 15 is 0 Å². The van der Waals surface area contributed by atoms with Crippen LogP contribution in [0.5, 0.6) is 5.75 Å². The Hall–Kier alpha value is -3.61. The van der Waals surface area contributed by atoms with Crippen molar-refractivity contribution >= 4 is 22.7 Å². The summed E-state index contributed by atoms with van der Waals surface area (Å²) in [5, 5.41) is 4.32. The molecule has 0 unspecified atom stereocenters. The van der Waals surface area contributed by atoms with Gasteiger partial charge in [-0.1, -0.05) is 57.2 Å². The van der Waals surface area contributed by atoms with E-state index in [2.05, 4.69) is 43.2 Å². The highest BCUT2D eigenvalue weighted by atomic mass is 16.5. The number of nitrogens with two attached hydrogens (primary N) is 1. The molecule has 2 aromatic carbocycles. The summed E-state index contributed by atoms with van der Waals surface area (Å²) < 4.78 is 7.27. The maximum absolute atomic E-state index is 6.22. The average Bonchev–Trinajstić information content (AvgIpc) is 3.14. The molecule has 2 heterocycles. The Morgan fingerprint density at radius 3 is 2.43 bits per heavy atom. The van der Waals surface area contributed by atoms with Gasteiger partial charge in [-0.25, -0.2) is 9.97 Å². The van der Waals surface area contributed by atoms with Crippen LogP contribution in [0, 0.1) is 0 Å². The molecule has 0 amide bonds. The SMILES string of the molecule is COc1cccc2c(NCc3ccccc3)nc(-n3cc(C(C)(C)C)nc3N)nc12. The first-order chi connectivity index (χ1) is 14.4. The molecular formula is C23H26N6O. The number of rotatable bonds is 5. The molecule has 0 bridgehead atoms. The van der Waals surface area contributed by atoms with Crippen molar-refractivity contribution in [1.29, 1.82) is 0 Å². The molecule has 30 heavy (non-hydrogen) atoms. The third-order valence-electron chi connectivity index (χ3n) is 4.92. The largest absolute Gasteiger partial charge is 0.494 e. The minimum absolute atomic E-state index is 0.137.